The Balaban J connectivity index is 2.38. The first-order chi connectivity index (χ1) is 5.42. The Morgan fingerprint density at radius 3 is 3.09 bits per heavy atom. The Morgan fingerprint density at radius 1 is 1.45 bits per heavy atom. The molecule has 0 amide bonds. The van der Waals surface area contributed by atoms with E-state index in [9.17, 15) is 0 Å². The Hall–Kier alpha value is -0.990. The third-order valence-corrected chi connectivity index (χ3v) is 2.28. The highest BCUT2D eigenvalue weighted by Crippen LogP contribution is 2.19. The van der Waals surface area contributed by atoms with Crippen molar-refractivity contribution in [1.29, 1.82) is 0 Å². The van der Waals surface area contributed by atoms with Crippen LogP contribution >= 0.6 is 0 Å². The second-order valence-corrected chi connectivity index (χ2v) is 2.96. The van der Waals surface area contributed by atoms with E-state index in [1.165, 1.54) is 36.9 Å². The molecular formula is C8H13N3. The molecule has 2 rings (SSSR count). The molecule has 1 aromatic rings. The van der Waals surface area contributed by atoms with Crippen LogP contribution in [-0.2, 0) is 12.8 Å². The first-order valence-electron chi connectivity index (χ1n) is 4.15. The SMILES string of the molecule is CNn1ncc2c1CCCC2. The van der Waals surface area contributed by atoms with E-state index in [0.717, 1.165) is 0 Å². The van der Waals surface area contributed by atoms with Gasteiger partial charge in [0.15, 0.2) is 0 Å². The summed E-state index contributed by atoms with van der Waals surface area (Å²) < 4.78 is 0. The van der Waals surface area contributed by atoms with Gasteiger partial charge in [0.05, 0.1) is 11.9 Å². The van der Waals surface area contributed by atoms with Crippen molar-refractivity contribution in [1.82, 2.24) is 9.89 Å². The Labute approximate surface area is 66.4 Å². The second-order valence-electron chi connectivity index (χ2n) is 2.96. The van der Waals surface area contributed by atoms with Crippen molar-refractivity contribution in [3.8, 4) is 0 Å². The summed E-state index contributed by atoms with van der Waals surface area (Å²) in [6.07, 6.45) is 6.99. The molecule has 11 heavy (non-hydrogen) atoms. The highest BCUT2D eigenvalue weighted by molar-refractivity contribution is 5.20. The molecule has 0 unspecified atom stereocenters. The fourth-order valence-electron chi connectivity index (χ4n) is 1.68. The second kappa shape index (κ2) is 2.57. The van der Waals surface area contributed by atoms with Gasteiger partial charge < -0.3 is 5.43 Å². The average molecular weight is 151 g/mol. The number of nitrogens with one attached hydrogen (secondary N) is 1. The van der Waals surface area contributed by atoms with Crippen LogP contribution < -0.4 is 5.43 Å². The van der Waals surface area contributed by atoms with Crippen LogP contribution in [0.2, 0.25) is 0 Å². The molecule has 60 valence electrons. The van der Waals surface area contributed by atoms with E-state index in [1.807, 2.05) is 18.0 Å². The third kappa shape index (κ3) is 1.00. The van der Waals surface area contributed by atoms with Crippen LogP contribution in [-0.4, -0.2) is 16.9 Å². The van der Waals surface area contributed by atoms with E-state index in [-0.39, 0.29) is 0 Å². The van der Waals surface area contributed by atoms with Crippen molar-refractivity contribution in [2.24, 2.45) is 0 Å². The topological polar surface area (TPSA) is 29.9 Å². The number of nitrogens with zero attached hydrogens (tertiary/aromatic N) is 2. The van der Waals surface area contributed by atoms with Gasteiger partial charge in [0, 0.05) is 7.05 Å². The largest absolute Gasteiger partial charge is 0.313 e. The van der Waals surface area contributed by atoms with E-state index in [2.05, 4.69) is 10.5 Å². The molecule has 1 aliphatic carbocycles. The molecule has 0 radical (unpaired) electrons. The van der Waals surface area contributed by atoms with E-state index >= 15 is 0 Å². The zero-order valence-corrected chi connectivity index (χ0v) is 6.80. The Kier molecular flexibility index (Phi) is 1.56. The van der Waals surface area contributed by atoms with Gasteiger partial charge >= 0.3 is 0 Å². The minimum absolute atomic E-state index is 1.18. The number of aromatic nitrogens is 2. The van der Waals surface area contributed by atoms with Gasteiger partial charge in [-0.05, 0) is 31.2 Å². The van der Waals surface area contributed by atoms with E-state index in [4.69, 9.17) is 0 Å². The van der Waals surface area contributed by atoms with Crippen LogP contribution in [0.4, 0.5) is 0 Å². The zero-order chi connectivity index (χ0) is 7.68. The summed E-state index contributed by atoms with van der Waals surface area (Å²) in [5, 5.41) is 4.22. The lowest BCUT2D eigenvalue weighted by atomic mass is 9.99. The molecule has 3 nitrogen and oxygen atoms in total. The quantitative estimate of drug-likeness (QED) is 0.647. The summed E-state index contributed by atoms with van der Waals surface area (Å²) in [5.41, 5.74) is 5.84. The van der Waals surface area contributed by atoms with Crippen LogP contribution in [0.15, 0.2) is 6.20 Å². The summed E-state index contributed by atoms with van der Waals surface area (Å²) in [6.45, 7) is 0. The van der Waals surface area contributed by atoms with Crippen LogP contribution in [0.1, 0.15) is 24.1 Å². The van der Waals surface area contributed by atoms with Crippen LogP contribution in [0.3, 0.4) is 0 Å². The van der Waals surface area contributed by atoms with E-state index in [1.54, 1.807) is 0 Å². The molecule has 0 spiro atoms. The Morgan fingerprint density at radius 2 is 2.27 bits per heavy atom. The number of fused-ring (bicyclic) bond motifs is 1. The number of aryl methyl sites for hydroxylation is 1. The molecule has 0 saturated carbocycles. The molecule has 0 bridgehead atoms. The van der Waals surface area contributed by atoms with Crippen molar-refractivity contribution in [2.75, 3.05) is 12.5 Å². The van der Waals surface area contributed by atoms with Crippen molar-refractivity contribution < 1.29 is 0 Å². The molecule has 1 heterocycles. The van der Waals surface area contributed by atoms with Gasteiger partial charge in [0.2, 0.25) is 0 Å². The van der Waals surface area contributed by atoms with Crippen molar-refractivity contribution in [3.63, 3.8) is 0 Å². The molecule has 0 atom stereocenters. The monoisotopic (exact) mass is 151 g/mol. The van der Waals surface area contributed by atoms with Crippen molar-refractivity contribution >= 4 is 0 Å². The van der Waals surface area contributed by atoms with Gasteiger partial charge in [-0.15, -0.1) is 0 Å². The maximum Gasteiger partial charge on any atom is 0.0651 e. The average Bonchev–Trinajstić information content (AvgIpc) is 2.47. The minimum atomic E-state index is 1.18. The predicted octanol–water partition coefficient (Wildman–Crippen LogP) is 0.935. The summed E-state index contributed by atoms with van der Waals surface area (Å²) >= 11 is 0. The molecular weight excluding hydrogens is 138 g/mol. The molecule has 0 fully saturated rings. The Bertz CT molecular complexity index is 238. The smallest absolute Gasteiger partial charge is 0.0651 e. The molecule has 1 aliphatic rings. The van der Waals surface area contributed by atoms with Gasteiger partial charge in [-0.1, -0.05) is 0 Å². The molecule has 0 aromatic carbocycles. The lowest BCUT2D eigenvalue weighted by Gasteiger charge is -2.12. The summed E-state index contributed by atoms with van der Waals surface area (Å²) in [5.74, 6) is 0. The van der Waals surface area contributed by atoms with Crippen molar-refractivity contribution in [3.05, 3.63) is 17.5 Å². The molecule has 1 N–H and O–H groups in total. The summed E-state index contributed by atoms with van der Waals surface area (Å²) in [6, 6.07) is 0. The highest BCUT2D eigenvalue weighted by Gasteiger charge is 2.13. The highest BCUT2D eigenvalue weighted by atomic mass is 15.5. The maximum absolute atomic E-state index is 4.22. The first kappa shape index (κ1) is 6.70. The van der Waals surface area contributed by atoms with E-state index < -0.39 is 0 Å². The van der Waals surface area contributed by atoms with Crippen LogP contribution in [0.5, 0.6) is 0 Å². The van der Waals surface area contributed by atoms with Crippen LogP contribution in [0.25, 0.3) is 0 Å². The summed E-state index contributed by atoms with van der Waals surface area (Å²) in [4.78, 5) is 1.88. The minimum Gasteiger partial charge on any atom is -0.313 e. The molecule has 0 saturated heterocycles. The van der Waals surface area contributed by atoms with Gasteiger partial charge in [-0.25, -0.2) is 0 Å². The molecule has 3 heteroatoms. The molecule has 0 aliphatic heterocycles. The van der Waals surface area contributed by atoms with Gasteiger partial charge in [-0.2, -0.15) is 9.89 Å². The van der Waals surface area contributed by atoms with Crippen LogP contribution in [0, 0.1) is 0 Å². The summed E-state index contributed by atoms with van der Waals surface area (Å²) in [7, 11) is 1.90. The van der Waals surface area contributed by atoms with Gasteiger partial charge in [-0.3, -0.25) is 0 Å². The van der Waals surface area contributed by atoms with E-state index in [0.29, 0.717) is 0 Å². The lowest BCUT2D eigenvalue weighted by molar-refractivity contribution is 0.632. The normalized spacial score (nSPS) is 16.1. The van der Waals surface area contributed by atoms with Gasteiger partial charge in [0.25, 0.3) is 0 Å². The fraction of sp³-hybridized carbons (Fsp3) is 0.625. The number of hydrogen-bond donors (Lipinski definition) is 1. The van der Waals surface area contributed by atoms with Gasteiger partial charge in [0.1, 0.15) is 0 Å². The number of rotatable bonds is 1. The standard InChI is InChI=1S/C8H13N3/c1-9-11-8-5-3-2-4-7(8)6-10-11/h6,9H,2-5H2,1H3. The number of hydrogen-bond acceptors (Lipinski definition) is 2. The third-order valence-electron chi connectivity index (χ3n) is 2.28. The maximum atomic E-state index is 4.22. The predicted molar refractivity (Wildman–Crippen MR) is 44.2 cm³/mol. The molecule has 1 aromatic heterocycles. The first-order valence-corrected chi connectivity index (χ1v) is 4.15. The lowest BCUT2D eigenvalue weighted by Crippen LogP contribution is -2.16. The zero-order valence-electron chi connectivity index (χ0n) is 6.80. The fourth-order valence-corrected chi connectivity index (χ4v) is 1.68. The van der Waals surface area contributed by atoms with Crippen molar-refractivity contribution in [2.45, 2.75) is 25.7 Å².